The van der Waals surface area contributed by atoms with Crippen LogP contribution in [0.1, 0.15) is 20.3 Å². The van der Waals surface area contributed by atoms with Crippen molar-refractivity contribution in [3.63, 3.8) is 0 Å². The predicted molar refractivity (Wildman–Crippen MR) is 62.8 cm³/mol. The Morgan fingerprint density at radius 1 is 1.47 bits per heavy atom. The van der Waals surface area contributed by atoms with Gasteiger partial charge in [-0.2, -0.15) is 0 Å². The molecule has 0 radical (unpaired) electrons. The third-order valence-corrected chi connectivity index (χ3v) is 5.29. The number of sulfone groups is 1. The van der Waals surface area contributed by atoms with E-state index in [1.165, 1.54) is 0 Å². The van der Waals surface area contributed by atoms with E-state index in [2.05, 4.69) is 10.2 Å². The summed E-state index contributed by atoms with van der Waals surface area (Å²) in [4.78, 5) is 2.15. The minimum Gasteiger partial charge on any atom is -0.315 e. The Kier molecular flexibility index (Phi) is 4.55. The van der Waals surface area contributed by atoms with Crippen molar-refractivity contribution < 1.29 is 8.42 Å². The number of likely N-dealkylation sites (N-methyl/N-ethyl adjacent to an activating group) is 1. The topological polar surface area (TPSA) is 49.4 Å². The lowest BCUT2D eigenvalue weighted by molar-refractivity contribution is 0.271. The first-order chi connectivity index (χ1) is 6.93. The maximum Gasteiger partial charge on any atom is 0.153 e. The normalized spacial score (nSPS) is 22.9. The summed E-state index contributed by atoms with van der Waals surface area (Å²) in [5, 5.41) is 3.03. The van der Waals surface area contributed by atoms with Crippen molar-refractivity contribution in [1.29, 1.82) is 0 Å². The molecule has 15 heavy (non-hydrogen) atoms. The van der Waals surface area contributed by atoms with Gasteiger partial charge in [0.2, 0.25) is 0 Å². The first-order valence-corrected chi connectivity index (χ1v) is 7.27. The van der Waals surface area contributed by atoms with Crippen molar-refractivity contribution in [2.24, 2.45) is 0 Å². The molecule has 1 unspecified atom stereocenters. The molecule has 1 aliphatic rings. The van der Waals surface area contributed by atoms with Gasteiger partial charge >= 0.3 is 0 Å². The molecule has 5 heteroatoms. The standard InChI is InChI=1S/C10H22N2O2S/c1-9(2)15(13,14)7-6-12(3)10-4-5-11-8-10/h9-11H,4-8H2,1-3H3. The molecule has 0 spiro atoms. The van der Waals surface area contributed by atoms with Crippen LogP contribution in [0.3, 0.4) is 0 Å². The molecule has 1 atom stereocenters. The van der Waals surface area contributed by atoms with Crippen LogP contribution in [0.15, 0.2) is 0 Å². The Morgan fingerprint density at radius 3 is 2.60 bits per heavy atom. The van der Waals surface area contributed by atoms with E-state index in [0.29, 0.717) is 12.6 Å². The SMILES string of the molecule is CC(C)S(=O)(=O)CCN(C)C1CCNC1. The summed E-state index contributed by atoms with van der Waals surface area (Å²) in [6.45, 7) is 6.16. The van der Waals surface area contributed by atoms with Gasteiger partial charge in [-0.3, -0.25) is 0 Å². The Hall–Kier alpha value is -0.130. The van der Waals surface area contributed by atoms with Crippen LogP contribution in [-0.2, 0) is 9.84 Å². The van der Waals surface area contributed by atoms with Gasteiger partial charge in [0.05, 0.1) is 11.0 Å². The monoisotopic (exact) mass is 234 g/mol. The van der Waals surface area contributed by atoms with Gasteiger partial charge in [-0.25, -0.2) is 8.42 Å². The van der Waals surface area contributed by atoms with E-state index < -0.39 is 9.84 Å². The molecule has 0 aromatic rings. The molecule has 0 amide bonds. The quantitative estimate of drug-likeness (QED) is 0.733. The minimum absolute atomic E-state index is 0.257. The largest absolute Gasteiger partial charge is 0.315 e. The lowest BCUT2D eigenvalue weighted by Gasteiger charge is -2.23. The lowest BCUT2D eigenvalue weighted by atomic mass is 10.2. The van der Waals surface area contributed by atoms with E-state index in [-0.39, 0.29) is 11.0 Å². The van der Waals surface area contributed by atoms with E-state index in [1.54, 1.807) is 13.8 Å². The fourth-order valence-electron chi connectivity index (χ4n) is 1.71. The Bertz CT molecular complexity index is 282. The van der Waals surface area contributed by atoms with Crippen molar-refractivity contribution >= 4 is 9.84 Å². The van der Waals surface area contributed by atoms with Crippen molar-refractivity contribution in [2.45, 2.75) is 31.6 Å². The zero-order chi connectivity index (χ0) is 11.5. The number of hydrogen-bond donors (Lipinski definition) is 1. The van der Waals surface area contributed by atoms with Gasteiger partial charge in [0, 0.05) is 19.1 Å². The lowest BCUT2D eigenvalue weighted by Crippen LogP contribution is -2.37. The van der Waals surface area contributed by atoms with E-state index in [1.807, 2.05) is 7.05 Å². The van der Waals surface area contributed by atoms with Gasteiger partial charge in [-0.1, -0.05) is 0 Å². The van der Waals surface area contributed by atoms with Gasteiger partial charge < -0.3 is 10.2 Å². The number of nitrogens with one attached hydrogen (secondary N) is 1. The van der Waals surface area contributed by atoms with Crippen LogP contribution in [0.5, 0.6) is 0 Å². The van der Waals surface area contributed by atoms with Crippen molar-refractivity contribution in [1.82, 2.24) is 10.2 Å². The van der Waals surface area contributed by atoms with Gasteiger partial charge in [0.1, 0.15) is 0 Å². The highest BCUT2D eigenvalue weighted by atomic mass is 32.2. The summed E-state index contributed by atoms with van der Waals surface area (Å²) < 4.78 is 23.2. The molecular formula is C10H22N2O2S. The van der Waals surface area contributed by atoms with Gasteiger partial charge in [0.15, 0.2) is 9.84 Å². The molecular weight excluding hydrogens is 212 g/mol. The summed E-state index contributed by atoms with van der Waals surface area (Å²) in [5.41, 5.74) is 0. The van der Waals surface area contributed by atoms with E-state index in [0.717, 1.165) is 19.5 Å². The van der Waals surface area contributed by atoms with Gasteiger partial charge in [-0.05, 0) is 33.9 Å². The van der Waals surface area contributed by atoms with Crippen LogP contribution >= 0.6 is 0 Å². The molecule has 1 saturated heterocycles. The van der Waals surface area contributed by atoms with Crippen LogP contribution in [0.25, 0.3) is 0 Å². The molecule has 1 heterocycles. The van der Waals surface area contributed by atoms with Crippen molar-refractivity contribution in [3.05, 3.63) is 0 Å². The van der Waals surface area contributed by atoms with Crippen molar-refractivity contribution in [3.8, 4) is 0 Å². The van der Waals surface area contributed by atoms with E-state index in [4.69, 9.17) is 0 Å². The fraction of sp³-hybridized carbons (Fsp3) is 1.00. The van der Waals surface area contributed by atoms with Crippen LogP contribution < -0.4 is 5.32 Å². The fourth-order valence-corrected chi connectivity index (χ4v) is 2.72. The zero-order valence-corrected chi connectivity index (χ0v) is 10.7. The highest BCUT2D eigenvalue weighted by Gasteiger charge is 2.22. The molecule has 1 fully saturated rings. The summed E-state index contributed by atoms with van der Waals surface area (Å²) in [7, 11) is -0.877. The molecule has 1 aliphatic heterocycles. The second kappa shape index (κ2) is 5.27. The number of nitrogens with zero attached hydrogens (tertiary/aromatic N) is 1. The molecule has 0 saturated carbocycles. The molecule has 0 bridgehead atoms. The highest BCUT2D eigenvalue weighted by molar-refractivity contribution is 7.92. The molecule has 0 aromatic carbocycles. The molecule has 90 valence electrons. The maximum atomic E-state index is 11.6. The molecule has 0 aromatic heterocycles. The highest BCUT2D eigenvalue weighted by Crippen LogP contribution is 2.07. The smallest absolute Gasteiger partial charge is 0.153 e. The zero-order valence-electron chi connectivity index (χ0n) is 9.86. The van der Waals surface area contributed by atoms with Crippen LogP contribution in [-0.4, -0.2) is 57.0 Å². The first-order valence-electron chi connectivity index (χ1n) is 5.56. The second-order valence-electron chi connectivity index (χ2n) is 4.54. The van der Waals surface area contributed by atoms with E-state index in [9.17, 15) is 8.42 Å². The molecule has 0 aliphatic carbocycles. The first kappa shape index (κ1) is 12.9. The number of hydrogen-bond acceptors (Lipinski definition) is 4. The maximum absolute atomic E-state index is 11.6. The molecule has 1 N–H and O–H groups in total. The van der Waals surface area contributed by atoms with Gasteiger partial charge in [-0.15, -0.1) is 0 Å². The third kappa shape index (κ3) is 3.74. The van der Waals surface area contributed by atoms with E-state index >= 15 is 0 Å². The predicted octanol–water partition coefficient (Wildman–Crippen LogP) is 0.103. The average Bonchev–Trinajstić information content (AvgIpc) is 2.66. The van der Waals surface area contributed by atoms with Crippen LogP contribution in [0.4, 0.5) is 0 Å². The van der Waals surface area contributed by atoms with Crippen LogP contribution in [0.2, 0.25) is 0 Å². The minimum atomic E-state index is -2.88. The summed E-state index contributed by atoms with van der Waals surface area (Å²) in [6, 6.07) is 0.507. The second-order valence-corrected chi connectivity index (χ2v) is 7.22. The van der Waals surface area contributed by atoms with Crippen LogP contribution in [0, 0.1) is 0 Å². The third-order valence-electron chi connectivity index (χ3n) is 3.10. The number of rotatable bonds is 5. The Balaban J connectivity index is 2.36. The Labute approximate surface area is 93.0 Å². The van der Waals surface area contributed by atoms with Crippen molar-refractivity contribution in [2.75, 3.05) is 32.4 Å². The van der Waals surface area contributed by atoms with Gasteiger partial charge in [0.25, 0.3) is 0 Å². The average molecular weight is 234 g/mol. The molecule has 1 rings (SSSR count). The Morgan fingerprint density at radius 2 is 2.13 bits per heavy atom. The summed E-state index contributed by atoms with van der Waals surface area (Å²) in [6.07, 6.45) is 1.12. The summed E-state index contributed by atoms with van der Waals surface area (Å²) in [5.74, 6) is 0.275. The molecule has 4 nitrogen and oxygen atoms in total. The summed E-state index contributed by atoms with van der Waals surface area (Å²) >= 11 is 0.